The lowest BCUT2D eigenvalue weighted by Crippen LogP contribution is -2.22. The lowest BCUT2D eigenvalue weighted by Gasteiger charge is -2.16. The molecule has 156 valence electrons. The predicted molar refractivity (Wildman–Crippen MR) is 114 cm³/mol. The highest BCUT2D eigenvalue weighted by Crippen LogP contribution is 2.29. The lowest BCUT2D eigenvalue weighted by molar-refractivity contribution is -0.125. The molecule has 1 amide bonds. The highest BCUT2D eigenvalue weighted by molar-refractivity contribution is 6.33. The number of aryl methyl sites for hydroxylation is 2. The second kappa shape index (κ2) is 11.4. The smallest absolute Gasteiger partial charge is 0.338 e. The van der Waals surface area contributed by atoms with E-state index >= 15 is 0 Å². The summed E-state index contributed by atoms with van der Waals surface area (Å²) in [6, 6.07) is 1.88. The minimum atomic E-state index is -0.403. The van der Waals surface area contributed by atoms with Crippen molar-refractivity contribution in [3.8, 4) is 0 Å². The third-order valence-corrected chi connectivity index (χ3v) is 4.98. The Labute approximate surface area is 176 Å². The summed E-state index contributed by atoms with van der Waals surface area (Å²) < 4.78 is 5.46. The first-order valence-corrected chi connectivity index (χ1v) is 9.98. The van der Waals surface area contributed by atoms with Gasteiger partial charge in [-0.3, -0.25) is 4.79 Å². The molecule has 1 aromatic rings. The maximum atomic E-state index is 12.8. The Morgan fingerprint density at radius 3 is 2.69 bits per heavy atom. The zero-order valence-corrected chi connectivity index (χ0v) is 17.8. The number of hydrogen-bond donors (Lipinski definition) is 1. The van der Waals surface area contributed by atoms with Crippen molar-refractivity contribution in [2.24, 2.45) is 5.16 Å². The van der Waals surface area contributed by atoms with E-state index in [2.05, 4.69) is 16.5 Å². The van der Waals surface area contributed by atoms with Gasteiger partial charge in [0.2, 0.25) is 0 Å². The molecule has 1 aliphatic heterocycles. The van der Waals surface area contributed by atoms with Crippen molar-refractivity contribution in [3.05, 3.63) is 57.6 Å². The van der Waals surface area contributed by atoms with Crippen LogP contribution in [0.3, 0.4) is 0 Å². The second-order valence-corrected chi connectivity index (χ2v) is 7.14. The molecular formula is C22H27ClN2O4. The zero-order chi connectivity index (χ0) is 21.2. The van der Waals surface area contributed by atoms with Gasteiger partial charge in [-0.2, -0.15) is 0 Å². The summed E-state index contributed by atoms with van der Waals surface area (Å²) in [5, 5.41) is 7.08. The zero-order valence-electron chi connectivity index (χ0n) is 17.1. The van der Waals surface area contributed by atoms with Crippen molar-refractivity contribution in [3.63, 3.8) is 0 Å². The Balaban J connectivity index is 2.45. The molecule has 0 unspecified atom stereocenters. The predicted octanol–water partition coefficient (Wildman–Crippen LogP) is 4.07. The van der Waals surface area contributed by atoms with Crippen molar-refractivity contribution >= 4 is 29.2 Å². The highest BCUT2D eigenvalue weighted by Gasteiger charge is 2.21. The van der Waals surface area contributed by atoms with Crippen LogP contribution < -0.4 is 5.32 Å². The SMILES string of the molecule is CNC(=O)CO/N=C1\C=CCC/C=C/CCOC(=O)c2c(C)cc(C)c(Cl)c2C1. The number of amides is 1. The maximum absolute atomic E-state index is 12.8. The Hall–Kier alpha value is -2.60. The largest absolute Gasteiger partial charge is 0.462 e. The van der Waals surface area contributed by atoms with E-state index in [1.54, 1.807) is 0 Å². The molecule has 0 aromatic heterocycles. The molecule has 0 bridgehead atoms. The Morgan fingerprint density at radius 1 is 1.21 bits per heavy atom. The summed E-state index contributed by atoms with van der Waals surface area (Å²) in [4.78, 5) is 29.4. The normalized spacial score (nSPS) is 17.8. The topological polar surface area (TPSA) is 77.0 Å². The molecule has 7 heteroatoms. The van der Waals surface area contributed by atoms with Gasteiger partial charge in [-0.15, -0.1) is 0 Å². The monoisotopic (exact) mass is 418 g/mol. The van der Waals surface area contributed by atoms with Crippen LogP contribution in [0, 0.1) is 13.8 Å². The van der Waals surface area contributed by atoms with Crippen molar-refractivity contribution in [1.82, 2.24) is 5.32 Å². The number of allylic oxidation sites excluding steroid dienone is 3. The number of benzene rings is 1. The molecular weight excluding hydrogens is 392 g/mol. The van der Waals surface area contributed by atoms with E-state index in [0.717, 1.165) is 24.0 Å². The van der Waals surface area contributed by atoms with Crippen molar-refractivity contribution in [1.29, 1.82) is 0 Å². The number of hydrogen-bond acceptors (Lipinski definition) is 5. The lowest BCUT2D eigenvalue weighted by atomic mass is 9.94. The van der Waals surface area contributed by atoms with Crippen LogP contribution in [-0.4, -0.2) is 37.8 Å². The summed E-state index contributed by atoms with van der Waals surface area (Å²) in [6.07, 6.45) is 10.5. The average Bonchev–Trinajstić information content (AvgIpc) is 2.69. The summed E-state index contributed by atoms with van der Waals surface area (Å²) >= 11 is 6.57. The number of esters is 1. The fourth-order valence-electron chi connectivity index (χ4n) is 2.98. The van der Waals surface area contributed by atoms with Crippen molar-refractivity contribution in [2.45, 2.75) is 39.5 Å². The van der Waals surface area contributed by atoms with Gasteiger partial charge in [0.25, 0.3) is 5.91 Å². The van der Waals surface area contributed by atoms with E-state index in [0.29, 0.717) is 34.9 Å². The van der Waals surface area contributed by atoms with Crippen molar-refractivity contribution in [2.75, 3.05) is 20.3 Å². The molecule has 0 aliphatic carbocycles. The molecule has 6 nitrogen and oxygen atoms in total. The fraction of sp³-hybridized carbons (Fsp3) is 0.409. The third kappa shape index (κ3) is 6.75. The first-order chi connectivity index (χ1) is 13.9. The summed E-state index contributed by atoms with van der Waals surface area (Å²) in [5.74, 6) is -0.683. The van der Waals surface area contributed by atoms with Gasteiger partial charge in [0.05, 0.1) is 17.9 Å². The van der Waals surface area contributed by atoms with E-state index in [4.69, 9.17) is 21.2 Å². The van der Waals surface area contributed by atoms with Crippen LogP contribution in [0.15, 0.2) is 35.5 Å². The number of cyclic esters (lactones) is 1. The van der Waals surface area contributed by atoms with Crippen LogP contribution in [0.4, 0.5) is 0 Å². The van der Waals surface area contributed by atoms with E-state index in [9.17, 15) is 9.59 Å². The minimum absolute atomic E-state index is 0.188. The van der Waals surface area contributed by atoms with E-state index in [1.165, 1.54) is 7.05 Å². The number of fused-ring (bicyclic) bond motifs is 1. The molecule has 1 heterocycles. The Morgan fingerprint density at radius 2 is 1.93 bits per heavy atom. The first kappa shape index (κ1) is 22.7. The molecule has 0 atom stereocenters. The van der Waals surface area contributed by atoms with Gasteiger partial charge in [-0.05, 0) is 55.9 Å². The fourth-order valence-corrected chi connectivity index (χ4v) is 3.20. The summed E-state index contributed by atoms with van der Waals surface area (Å²) in [5.41, 5.74) is 3.33. The molecule has 0 radical (unpaired) electrons. The van der Waals surface area contributed by atoms with Crippen LogP contribution in [0.5, 0.6) is 0 Å². The molecule has 0 spiro atoms. The van der Waals surface area contributed by atoms with E-state index in [1.807, 2.05) is 38.1 Å². The maximum Gasteiger partial charge on any atom is 0.338 e. The van der Waals surface area contributed by atoms with Gasteiger partial charge in [0.15, 0.2) is 6.61 Å². The van der Waals surface area contributed by atoms with Gasteiger partial charge >= 0.3 is 5.97 Å². The number of likely N-dealkylation sites (N-methyl/N-ethyl adjacent to an activating group) is 1. The van der Waals surface area contributed by atoms with Crippen LogP contribution >= 0.6 is 11.6 Å². The molecule has 0 fully saturated rings. The molecule has 0 saturated carbocycles. The quantitative estimate of drug-likeness (QED) is 0.456. The van der Waals surface area contributed by atoms with E-state index in [-0.39, 0.29) is 18.9 Å². The first-order valence-electron chi connectivity index (χ1n) is 9.60. The van der Waals surface area contributed by atoms with Gasteiger partial charge in [0.1, 0.15) is 0 Å². The van der Waals surface area contributed by atoms with Crippen LogP contribution in [0.2, 0.25) is 5.02 Å². The summed E-state index contributed by atoms with van der Waals surface area (Å²) in [7, 11) is 1.53. The Kier molecular flexibility index (Phi) is 8.93. The second-order valence-electron chi connectivity index (χ2n) is 6.76. The third-order valence-electron chi connectivity index (χ3n) is 4.45. The average molecular weight is 419 g/mol. The highest BCUT2D eigenvalue weighted by atomic mass is 35.5. The standard InChI is InChI=1S/C22H27ClN2O4/c1-15-12-16(2)21(23)18-13-17(25-29-14-19(26)24-3)10-8-6-4-5-7-9-11-28-22(27)20(15)18/h5,7-8,10,12H,4,6,9,11,13-14H2,1-3H3,(H,24,26)/b7-5+,10-8?,25-17+. The molecule has 1 aliphatic rings. The van der Waals surface area contributed by atoms with Gasteiger partial charge < -0.3 is 14.9 Å². The van der Waals surface area contributed by atoms with Crippen LogP contribution in [0.25, 0.3) is 0 Å². The molecule has 1 aromatic carbocycles. The minimum Gasteiger partial charge on any atom is -0.462 e. The molecule has 29 heavy (non-hydrogen) atoms. The number of ether oxygens (including phenoxy) is 1. The van der Waals surface area contributed by atoms with Gasteiger partial charge in [-0.25, -0.2) is 4.79 Å². The Bertz CT molecular complexity index is 844. The van der Waals surface area contributed by atoms with Crippen LogP contribution in [0.1, 0.15) is 46.3 Å². The van der Waals surface area contributed by atoms with Gasteiger partial charge in [-0.1, -0.05) is 41.1 Å². The number of halogens is 1. The molecule has 2 rings (SSSR count). The van der Waals surface area contributed by atoms with Crippen molar-refractivity contribution < 1.29 is 19.2 Å². The number of nitrogens with zero attached hydrogens (tertiary/aromatic N) is 1. The number of carbonyl (C=O) groups excluding carboxylic acids is 2. The number of nitrogens with one attached hydrogen (secondary N) is 1. The molecule has 0 saturated heterocycles. The number of oxime groups is 1. The summed E-state index contributed by atoms with van der Waals surface area (Å²) in [6.45, 7) is 3.88. The van der Waals surface area contributed by atoms with E-state index < -0.39 is 5.97 Å². The van der Waals surface area contributed by atoms with Gasteiger partial charge in [0, 0.05) is 18.5 Å². The molecule has 1 N–H and O–H groups in total. The number of carbonyl (C=O) groups is 2. The number of rotatable bonds is 3. The van der Waals surface area contributed by atoms with Crippen LogP contribution in [-0.2, 0) is 20.8 Å².